The van der Waals surface area contributed by atoms with E-state index in [4.69, 9.17) is 37.6 Å². The maximum Gasteiger partial charge on any atom is 0.332 e. The van der Waals surface area contributed by atoms with Crippen LogP contribution in [0, 0.1) is 0 Å². The summed E-state index contributed by atoms with van der Waals surface area (Å²) < 4.78 is 0. The Kier molecular flexibility index (Phi) is 7.52. The molecule has 10 N–H and O–H groups in total. The van der Waals surface area contributed by atoms with E-state index in [9.17, 15) is 28.8 Å². The summed E-state index contributed by atoms with van der Waals surface area (Å²) in [6.45, 7) is 0. The van der Waals surface area contributed by atoms with Gasteiger partial charge in [-0.15, -0.1) is 0 Å². The molecule has 0 amide bonds. The van der Waals surface area contributed by atoms with Crippen molar-refractivity contribution in [2.75, 3.05) is 0 Å². The number of rotatable bonds is 12. The molecule has 0 saturated heterocycles. The molecule has 26 heavy (non-hydrogen) atoms. The smallest absolute Gasteiger partial charge is 0.332 e. The molecular weight excluding hydrogens is 358 g/mol. The third-order valence-electron chi connectivity index (χ3n) is 3.58. The molecule has 0 spiro atoms. The van der Waals surface area contributed by atoms with Crippen LogP contribution in [0.3, 0.4) is 0 Å². The van der Waals surface area contributed by atoms with Gasteiger partial charge in [0.25, 0.3) is 0 Å². The van der Waals surface area contributed by atoms with Gasteiger partial charge < -0.3 is 37.6 Å². The Hall–Kier alpha value is -2.90. The van der Waals surface area contributed by atoms with Crippen molar-refractivity contribution in [1.29, 1.82) is 0 Å². The highest BCUT2D eigenvalue weighted by molar-refractivity contribution is 6.13. The van der Waals surface area contributed by atoms with Crippen molar-refractivity contribution >= 4 is 35.4 Å². The number of carboxylic acids is 4. The molecule has 0 saturated carbocycles. The third kappa shape index (κ3) is 5.30. The Morgan fingerprint density at radius 1 is 0.769 bits per heavy atom. The van der Waals surface area contributed by atoms with Crippen LogP contribution < -0.4 is 17.2 Å². The molecule has 0 aromatic carbocycles. The van der Waals surface area contributed by atoms with Crippen molar-refractivity contribution in [2.24, 2.45) is 17.2 Å². The first-order valence-electron chi connectivity index (χ1n) is 6.99. The largest absolute Gasteiger partial charge is 0.481 e. The van der Waals surface area contributed by atoms with Crippen LogP contribution in [0.15, 0.2) is 0 Å². The average Bonchev–Trinajstić information content (AvgIpc) is 2.49. The van der Waals surface area contributed by atoms with Gasteiger partial charge in [0.05, 0.1) is 18.9 Å². The fourth-order valence-corrected chi connectivity index (χ4v) is 2.01. The van der Waals surface area contributed by atoms with Gasteiger partial charge >= 0.3 is 23.9 Å². The van der Waals surface area contributed by atoms with Gasteiger partial charge in [-0.3, -0.25) is 19.2 Å². The molecule has 13 heteroatoms. The second-order valence-corrected chi connectivity index (χ2v) is 5.63. The van der Waals surface area contributed by atoms with E-state index in [0.717, 1.165) is 0 Å². The minimum atomic E-state index is -2.85. The zero-order valence-electron chi connectivity index (χ0n) is 13.4. The van der Waals surface area contributed by atoms with Crippen LogP contribution in [0.1, 0.15) is 25.7 Å². The topological polar surface area (TPSA) is 261 Å². The first-order valence-corrected chi connectivity index (χ1v) is 6.99. The average molecular weight is 377 g/mol. The van der Waals surface area contributed by atoms with Crippen LogP contribution >= 0.6 is 0 Å². The standard InChI is InChI=1S/C13H19N3O10/c14-5(9(22)13(16,11(25)26)4-8(20)21)1-2-6(17)12(15,10(23)24)3-7(18)19/h5H,1-4,14-16H2,(H,18,19)(H,20,21)(H,23,24)(H,25,26). The minimum Gasteiger partial charge on any atom is -0.481 e. The van der Waals surface area contributed by atoms with Crippen LogP contribution in [0.4, 0.5) is 0 Å². The van der Waals surface area contributed by atoms with Gasteiger partial charge in [0, 0.05) is 6.42 Å². The normalized spacial score (nSPS) is 16.6. The van der Waals surface area contributed by atoms with Gasteiger partial charge in [-0.05, 0) is 6.42 Å². The second kappa shape index (κ2) is 8.46. The summed E-state index contributed by atoms with van der Waals surface area (Å²) in [6, 6.07) is -1.72. The number of carbonyl (C=O) groups is 6. The molecule has 13 nitrogen and oxygen atoms in total. The number of ketones is 2. The predicted molar refractivity (Wildman–Crippen MR) is 80.8 cm³/mol. The Morgan fingerprint density at radius 3 is 1.50 bits per heavy atom. The van der Waals surface area contributed by atoms with Crippen LogP contribution in [-0.2, 0) is 28.8 Å². The number of aliphatic carboxylic acids is 4. The van der Waals surface area contributed by atoms with Crippen LogP contribution in [0.2, 0.25) is 0 Å². The Labute approximate surface area is 145 Å². The van der Waals surface area contributed by atoms with Crippen LogP contribution in [-0.4, -0.2) is 73.0 Å². The first kappa shape index (κ1) is 23.1. The van der Waals surface area contributed by atoms with Gasteiger partial charge in [-0.25, -0.2) is 9.59 Å². The number of Topliss-reactive ketones (excluding diaryl/α,β-unsaturated/α-hetero) is 2. The summed E-state index contributed by atoms with van der Waals surface area (Å²) >= 11 is 0. The van der Waals surface area contributed by atoms with E-state index in [1.165, 1.54) is 0 Å². The van der Waals surface area contributed by atoms with Crippen molar-refractivity contribution in [1.82, 2.24) is 0 Å². The quantitative estimate of drug-likeness (QED) is 0.165. The summed E-state index contributed by atoms with van der Waals surface area (Å²) in [7, 11) is 0. The molecule has 0 rings (SSSR count). The highest BCUT2D eigenvalue weighted by Gasteiger charge is 2.47. The maximum atomic E-state index is 12.1. The zero-order chi connectivity index (χ0) is 20.9. The van der Waals surface area contributed by atoms with E-state index in [-0.39, 0.29) is 0 Å². The lowest BCUT2D eigenvalue weighted by Crippen LogP contribution is -2.61. The summed E-state index contributed by atoms with van der Waals surface area (Å²) in [4.78, 5) is 67.6. The van der Waals surface area contributed by atoms with Crippen molar-refractivity contribution in [3.63, 3.8) is 0 Å². The van der Waals surface area contributed by atoms with Crippen LogP contribution in [0.5, 0.6) is 0 Å². The first-order chi connectivity index (χ1) is 11.7. The second-order valence-electron chi connectivity index (χ2n) is 5.63. The van der Waals surface area contributed by atoms with Gasteiger partial charge in [0.2, 0.25) is 0 Å². The number of carbonyl (C=O) groups excluding carboxylic acids is 2. The molecule has 0 aromatic heterocycles. The molecule has 0 fully saturated rings. The molecule has 0 aliphatic rings. The summed E-state index contributed by atoms with van der Waals surface area (Å²) in [6.07, 6.45) is -3.88. The van der Waals surface area contributed by atoms with Gasteiger partial charge in [-0.2, -0.15) is 0 Å². The molecule has 0 aromatic rings. The van der Waals surface area contributed by atoms with Crippen molar-refractivity contribution < 1.29 is 49.2 Å². The molecule has 3 unspecified atom stereocenters. The highest BCUT2D eigenvalue weighted by Crippen LogP contribution is 2.17. The SMILES string of the molecule is NC(CCC(=O)C(N)(CC(=O)O)C(=O)O)C(=O)C(N)(CC(=O)O)C(=O)O. The summed E-state index contributed by atoms with van der Waals surface area (Å²) in [5, 5.41) is 35.3. The van der Waals surface area contributed by atoms with Crippen molar-refractivity contribution in [3.05, 3.63) is 0 Å². The van der Waals surface area contributed by atoms with E-state index < -0.39 is 78.2 Å². The third-order valence-corrected chi connectivity index (χ3v) is 3.58. The predicted octanol–water partition coefficient (Wildman–Crippen LogP) is -3.25. The Bertz CT molecular complexity index is 648. The molecule has 0 aliphatic heterocycles. The summed E-state index contributed by atoms with van der Waals surface area (Å²) in [5.41, 5.74) is 10.4. The fourth-order valence-electron chi connectivity index (χ4n) is 2.01. The molecule has 0 bridgehead atoms. The van der Waals surface area contributed by atoms with Gasteiger partial charge in [-0.1, -0.05) is 0 Å². The number of nitrogens with two attached hydrogens (primary N) is 3. The van der Waals surface area contributed by atoms with Gasteiger partial charge in [0.1, 0.15) is 0 Å². The monoisotopic (exact) mass is 377 g/mol. The Morgan fingerprint density at radius 2 is 1.15 bits per heavy atom. The fraction of sp³-hybridized carbons (Fsp3) is 0.538. The minimum absolute atomic E-state index is 0.616. The van der Waals surface area contributed by atoms with Crippen molar-refractivity contribution in [3.8, 4) is 0 Å². The van der Waals surface area contributed by atoms with Crippen molar-refractivity contribution in [2.45, 2.75) is 42.8 Å². The zero-order valence-corrected chi connectivity index (χ0v) is 13.4. The van der Waals surface area contributed by atoms with E-state index in [0.29, 0.717) is 0 Å². The van der Waals surface area contributed by atoms with E-state index >= 15 is 0 Å². The lowest BCUT2D eigenvalue weighted by Gasteiger charge is -2.25. The lowest BCUT2D eigenvalue weighted by atomic mass is 9.83. The molecule has 3 atom stereocenters. The molecular formula is C13H19N3O10. The number of hydrogen-bond donors (Lipinski definition) is 7. The molecule has 0 radical (unpaired) electrons. The number of hydrogen-bond acceptors (Lipinski definition) is 9. The summed E-state index contributed by atoms with van der Waals surface area (Å²) in [5.74, 6) is -9.84. The lowest BCUT2D eigenvalue weighted by molar-refractivity contribution is -0.154. The Balaban J connectivity index is 5.24. The van der Waals surface area contributed by atoms with E-state index in [2.05, 4.69) is 0 Å². The number of carboxylic acid groups (broad SMARTS) is 4. The van der Waals surface area contributed by atoms with E-state index in [1.807, 2.05) is 0 Å². The molecule has 0 aliphatic carbocycles. The van der Waals surface area contributed by atoms with Crippen LogP contribution in [0.25, 0.3) is 0 Å². The molecule has 146 valence electrons. The molecule has 0 heterocycles. The highest BCUT2D eigenvalue weighted by atomic mass is 16.4. The van der Waals surface area contributed by atoms with E-state index in [1.54, 1.807) is 0 Å². The maximum absolute atomic E-state index is 12.1. The van der Waals surface area contributed by atoms with Gasteiger partial charge in [0.15, 0.2) is 22.6 Å².